The Hall–Kier alpha value is -2.27. The van der Waals surface area contributed by atoms with E-state index in [2.05, 4.69) is 16.0 Å². The molecule has 0 saturated heterocycles. The minimum Gasteiger partial charge on any atom is -0.223 e. The van der Waals surface area contributed by atoms with Gasteiger partial charge in [0.15, 0.2) is 0 Å². The molecule has 1 aromatic heterocycles. The van der Waals surface area contributed by atoms with Crippen molar-refractivity contribution >= 4 is 20.7 Å². The molecule has 4 nitrogen and oxygen atoms in total. The van der Waals surface area contributed by atoms with E-state index >= 15 is 0 Å². The number of aryl methyl sites for hydroxylation is 3. The lowest BCUT2D eigenvalue weighted by atomic mass is 10.1. The molecule has 0 amide bonds. The van der Waals surface area contributed by atoms with E-state index in [1.807, 2.05) is 31.2 Å². The summed E-state index contributed by atoms with van der Waals surface area (Å²) >= 11 is 0. The van der Waals surface area contributed by atoms with Crippen LogP contribution < -0.4 is 0 Å². The highest BCUT2D eigenvalue weighted by Gasteiger charge is 2.21. The van der Waals surface area contributed by atoms with E-state index in [4.69, 9.17) is 0 Å². The molecule has 4 rings (SSSR count). The first-order chi connectivity index (χ1) is 11.5. The number of fused-ring (bicyclic) bond motifs is 2. The van der Waals surface area contributed by atoms with Gasteiger partial charge in [0.25, 0.3) is 0 Å². The molecule has 0 fully saturated rings. The van der Waals surface area contributed by atoms with Crippen molar-refractivity contribution < 1.29 is 8.42 Å². The number of aromatic nitrogens is 2. The van der Waals surface area contributed by atoms with E-state index < -0.39 is 9.84 Å². The Kier molecular flexibility index (Phi) is 3.61. The molecule has 1 aliphatic carbocycles. The molecule has 0 bridgehead atoms. The molecular weight excluding hydrogens is 320 g/mol. The number of benzene rings is 2. The first-order valence-corrected chi connectivity index (χ1v) is 9.75. The minimum absolute atomic E-state index is 0.0747. The van der Waals surface area contributed by atoms with Crippen LogP contribution in [0.5, 0.6) is 0 Å². The number of sulfone groups is 1. The standard InChI is InChI=1S/C19H18N2O2S/c1-13-17-10-15-8-5-9-16(15)11-18(17)21-19(20-13)24(22,23)12-14-6-3-2-4-7-14/h2-4,6-7,10-11H,5,8-9,12H2,1H3. The Morgan fingerprint density at radius 2 is 1.71 bits per heavy atom. The molecule has 24 heavy (non-hydrogen) atoms. The van der Waals surface area contributed by atoms with E-state index in [1.54, 1.807) is 12.1 Å². The van der Waals surface area contributed by atoms with Crippen molar-refractivity contribution in [1.82, 2.24) is 9.97 Å². The summed E-state index contributed by atoms with van der Waals surface area (Å²) in [6, 6.07) is 13.3. The maximum Gasteiger partial charge on any atom is 0.248 e. The van der Waals surface area contributed by atoms with Crippen LogP contribution in [0.1, 0.15) is 28.8 Å². The average Bonchev–Trinajstić information content (AvgIpc) is 3.01. The second-order valence-corrected chi connectivity index (χ2v) is 8.21. The lowest BCUT2D eigenvalue weighted by Gasteiger charge is -2.09. The van der Waals surface area contributed by atoms with Crippen LogP contribution in [-0.4, -0.2) is 18.4 Å². The molecule has 1 heterocycles. The topological polar surface area (TPSA) is 59.9 Å². The van der Waals surface area contributed by atoms with E-state index in [9.17, 15) is 8.42 Å². The molecule has 0 aliphatic heterocycles. The van der Waals surface area contributed by atoms with Crippen LogP contribution in [0.2, 0.25) is 0 Å². The van der Waals surface area contributed by atoms with Crippen molar-refractivity contribution in [1.29, 1.82) is 0 Å². The van der Waals surface area contributed by atoms with Crippen LogP contribution in [0.25, 0.3) is 10.9 Å². The van der Waals surface area contributed by atoms with Gasteiger partial charge in [-0.3, -0.25) is 0 Å². The molecule has 122 valence electrons. The Balaban J connectivity index is 1.81. The van der Waals surface area contributed by atoms with Crippen LogP contribution in [0.3, 0.4) is 0 Å². The number of hydrogen-bond acceptors (Lipinski definition) is 4. The summed E-state index contributed by atoms with van der Waals surface area (Å²) in [6.07, 6.45) is 3.27. The van der Waals surface area contributed by atoms with Gasteiger partial charge in [-0.2, -0.15) is 0 Å². The molecule has 0 radical (unpaired) electrons. The SMILES string of the molecule is Cc1nc(S(=O)(=O)Cc2ccccc2)nc2cc3c(cc12)CCC3. The van der Waals surface area contributed by atoms with Crippen LogP contribution >= 0.6 is 0 Å². The van der Waals surface area contributed by atoms with Crippen molar-refractivity contribution in [3.63, 3.8) is 0 Å². The van der Waals surface area contributed by atoms with Crippen molar-refractivity contribution in [2.45, 2.75) is 37.1 Å². The minimum atomic E-state index is -3.56. The van der Waals surface area contributed by atoms with Crippen LogP contribution in [-0.2, 0) is 28.4 Å². The maximum absolute atomic E-state index is 12.7. The monoisotopic (exact) mass is 338 g/mol. The van der Waals surface area contributed by atoms with E-state index in [0.29, 0.717) is 0 Å². The van der Waals surface area contributed by atoms with Gasteiger partial charge in [-0.1, -0.05) is 30.3 Å². The molecule has 0 N–H and O–H groups in total. The normalized spacial score (nSPS) is 14.0. The van der Waals surface area contributed by atoms with E-state index in [1.165, 1.54) is 11.1 Å². The highest BCUT2D eigenvalue weighted by atomic mass is 32.2. The highest BCUT2D eigenvalue weighted by molar-refractivity contribution is 7.90. The molecular formula is C19H18N2O2S. The summed E-state index contributed by atoms with van der Waals surface area (Å²) in [5, 5.41) is 0.878. The van der Waals surface area contributed by atoms with Gasteiger partial charge in [0.2, 0.25) is 15.0 Å². The van der Waals surface area contributed by atoms with E-state index in [-0.39, 0.29) is 10.9 Å². The Bertz CT molecular complexity index is 1030. The zero-order chi connectivity index (χ0) is 16.7. The second-order valence-electron chi connectivity index (χ2n) is 6.33. The summed E-state index contributed by atoms with van der Waals surface area (Å²) in [5.74, 6) is -0.0796. The largest absolute Gasteiger partial charge is 0.248 e. The van der Waals surface area contributed by atoms with E-state index in [0.717, 1.165) is 41.4 Å². The van der Waals surface area contributed by atoms with Gasteiger partial charge in [-0.05, 0) is 55.0 Å². The lowest BCUT2D eigenvalue weighted by Crippen LogP contribution is -2.11. The van der Waals surface area contributed by atoms with Gasteiger partial charge < -0.3 is 0 Å². The van der Waals surface area contributed by atoms with Crippen LogP contribution in [0, 0.1) is 6.92 Å². The van der Waals surface area contributed by atoms with Crippen LogP contribution in [0.4, 0.5) is 0 Å². The van der Waals surface area contributed by atoms with Crippen LogP contribution in [0.15, 0.2) is 47.6 Å². The third-order valence-electron chi connectivity index (χ3n) is 4.56. The molecule has 3 aromatic rings. The first kappa shape index (κ1) is 15.3. The Morgan fingerprint density at radius 1 is 1.00 bits per heavy atom. The fourth-order valence-electron chi connectivity index (χ4n) is 3.32. The molecule has 1 aliphatic rings. The smallest absolute Gasteiger partial charge is 0.223 e. The number of nitrogens with zero attached hydrogens (tertiary/aromatic N) is 2. The van der Waals surface area contributed by atoms with Crippen molar-refractivity contribution in [2.24, 2.45) is 0 Å². The van der Waals surface area contributed by atoms with Gasteiger partial charge in [0, 0.05) is 11.1 Å². The maximum atomic E-state index is 12.7. The molecule has 0 atom stereocenters. The fraction of sp³-hybridized carbons (Fsp3) is 0.263. The Labute approximate surface area is 141 Å². The molecule has 0 unspecified atom stereocenters. The van der Waals surface area contributed by atoms with Gasteiger partial charge >= 0.3 is 0 Å². The fourth-order valence-corrected chi connectivity index (χ4v) is 4.60. The molecule has 5 heteroatoms. The summed E-state index contributed by atoms with van der Waals surface area (Å²) in [7, 11) is -3.56. The summed E-state index contributed by atoms with van der Waals surface area (Å²) in [6.45, 7) is 1.85. The lowest BCUT2D eigenvalue weighted by molar-refractivity contribution is 0.586. The zero-order valence-corrected chi connectivity index (χ0v) is 14.3. The molecule has 0 spiro atoms. The molecule has 2 aromatic carbocycles. The Morgan fingerprint density at radius 3 is 2.46 bits per heavy atom. The summed E-state index contributed by atoms with van der Waals surface area (Å²) in [5.41, 5.74) is 4.82. The third-order valence-corrected chi connectivity index (χ3v) is 6.01. The molecule has 0 saturated carbocycles. The van der Waals surface area contributed by atoms with Gasteiger partial charge in [0.1, 0.15) is 0 Å². The summed E-state index contributed by atoms with van der Waals surface area (Å²) < 4.78 is 25.4. The van der Waals surface area contributed by atoms with Crippen molar-refractivity contribution in [2.75, 3.05) is 0 Å². The van der Waals surface area contributed by atoms with Gasteiger partial charge in [-0.15, -0.1) is 0 Å². The number of hydrogen-bond donors (Lipinski definition) is 0. The second kappa shape index (κ2) is 5.67. The first-order valence-electron chi connectivity index (χ1n) is 8.10. The summed E-state index contributed by atoms with van der Waals surface area (Å²) in [4.78, 5) is 8.68. The van der Waals surface area contributed by atoms with Gasteiger partial charge in [0.05, 0.1) is 11.3 Å². The third kappa shape index (κ3) is 2.69. The quantitative estimate of drug-likeness (QED) is 0.687. The van der Waals surface area contributed by atoms with Crippen molar-refractivity contribution in [3.05, 3.63) is 64.8 Å². The predicted molar refractivity (Wildman–Crippen MR) is 93.6 cm³/mol. The number of rotatable bonds is 3. The predicted octanol–water partition coefficient (Wildman–Crippen LogP) is 3.40. The van der Waals surface area contributed by atoms with Gasteiger partial charge in [-0.25, -0.2) is 18.4 Å². The van der Waals surface area contributed by atoms with Crippen molar-refractivity contribution in [3.8, 4) is 0 Å². The zero-order valence-electron chi connectivity index (χ0n) is 13.5. The highest BCUT2D eigenvalue weighted by Crippen LogP contribution is 2.28. The average molecular weight is 338 g/mol.